The number of benzene rings is 1. The molecule has 1 fully saturated rings. The molecule has 0 amide bonds. The highest BCUT2D eigenvalue weighted by Gasteiger charge is 2.25. The van der Waals surface area contributed by atoms with Gasteiger partial charge in [-0.15, -0.1) is 0 Å². The van der Waals surface area contributed by atoms with Crippen molar-refractivity contribution in [1.29, 1.82) is 0 Å². The summed E-state index contributed by atoms with van der Waals surface area (Å²) < 4.78 is 11.7. The summed E-state index contributed by atoms with van der Waals surface area (Å²) in [6.07, 6.45) is 2.89. The molecule has 2 rings (SSSR count). The molecular weight excluding hydrogens is 214 g/mol. The van der Waals surface area contributed by atoms with Gasteiger partial charge in [0.25, 0.3) is 0 Å². The van der Waals surface area contributed by atoms with Crippen LogP contribution in [0.3, 0.4) is 0 Å². The quantitative estimate of drug-likeness (QED) is 0.783. The zero-order valence-corrected chi connectivity index (χ0v) is 11.1. The van der Waals surface area contributed by atoms with Crippen LogP contribution in [-0.4, -0.2) is 26.3 Å². The fraction of sp³-hybridized carbons (Fsp3) is 0.571. The first-order chi connectivity index (χ1) is 8.06. The van der Waals surface area contributed by atoms with E-state index in [1.165, 1.54) is 0 Å². The monoisotopic (exact) mass is 235 g/mol. The van der Waals surface area contributed by atoms with Gasteiger partial charge in [0.2, 0.25) is 0 Å². The van der Waals surface area contributed by atoms with Crippen molar-refractivity contribution in [3.05, 3.63) is 18.2 Å². The van der Waals surface area contributed by atoms with E-state index in [0.29, 0.717) is 6.10 Å². The standard InChI is InChI=1S/C14H21NO2/c1-10(2)16-14-9-11(15(3)4)5-8-13(14)17-12-6-7-12/h5,8-10,12H,6-7H2,1-4H3. The molecule has 0 heterocycles. The molecule has 94 valence electrons. The lowest BCUT2D eigenvalue weighted by molar-refractivity contribution is 0.217. The van der Waals surface area contributed by atoms with Crippen molar-refractivity contribution in [2.45, 2.75) is 38.9 Å². The van der Waals surface area contributed by atoms with Gasteiger partial charge in [-0.3, -0.25) is 0 Å². The fourth-order valence-corrected chi connectivity index (χ4v) is 1.58. The largest absolute Gasteiger partial charge is 0.487 e. The Kier molecular flexibility index (Phi) is 3.46. The summed E-state index contributed by atoms with van der Waals surface area (Å²) in [7, 11) is 4.05. The van der Waals surface area contributed by atoms with Gasteiger partial charge in [-0.1, -0.05) is 0 Å². The molecule has 1 aliphatic carbocycles. The average molecular weight is 235 g/mol. The minimum atomic E-state index is 0.161. The summed E-state index contributed by atoms with van der Waals surface area (Å²) >= 11 is 0. The number of anilines is 1. The van der Waals surface area contributed by atoms with Crippen molar-refractivity contribution in [2.24, 2.45) is 0 Å². The summed E-state index contributed by atoms with van der Waals surface area (Å²) in [4.78, 5) is 2.06. The van der Waals surface area contributed by atoms with Gasteiger partial charge in [-0.25, -0.2) is 0 Å². The minimum Gasteiger partial charge on any atom is -0.487 e. The smallest absolute Gasteiger partial charge is 0.163 e. The van der Waals surface area contributed by atoms with Crippen LogP contribution < -0.4 is 14.4 Å². The van der Waals surface area contributed by atoms with E-state index < -0.39 is 0 Å². The molecule has 3 heteroatoms. The fourth-order valence-electron chi connectivity index (χ4n) is 1.58. The third-order valence-corrected chi connectivity index (χ3v) is 2.62. The molecule has 1 aromatic carbocycles. The predicted octanol–water partition coefficient (Wildman–Crippen LogP) is 3.08. The van der Waals surface area contributed by atoms with Gasteiger partial charge in [0.15, 0.2) is 11.5 Å². The van der Waals surface area contributed by atoms with Gasteiger partial charge in [-0.2, -0.15) is 0 Å². The Balaban J connectivity index is 2.22. The first kappa shape index (κ1) is 12.1. The second-order valence-corrected chi connectivity index (χ2v) is 5.01. The van der Waals surface area contributed by atoms with Crippen LogP contribution in [0.15, 0.2) is 18.2 Å². The SMILES string of the molecule is CC(C)Oc1cc(N(C)C)ccc1OC1CC1. The van der Waals surface area contributed by atoms with E-state index in [1.807, 2.05) is 40.1 Å². The predicted molar refractivity (Wildman–Crippen MR) is 70.2 cm³/mol. The van der Waals surface area contributed by atoms with Gasteiger partial charge in [0.1, 0.15) is 0 Å². The van der Waals surface area contributed by atoms with Gasteiger partial charge < -0.3 is 14.4 Å². The van der Waals surface area contributed by atoms with Crippen LogP contribution in [0.25, 0.3) is 0 Å². The molecular formula is C14H21NO2. The molecule has 0 N–H and O–H groups in total. The zero-order chi connectivity index (χ0) is 12.4. The molecule has 0 aromatic heterocycles. The molecule has 0 saturated heterocycles. The molecule has 0 bridgehead atoms. The molecule has 1 aromatic rings. The summed E-state index contributed by atoms with van der Waals surface area (Å²) in [5.74, 6) is 1.71. The van der Waals surface area contributed by atoms with E-state index in [0.717, 1.165) is 30.0 Å². The Morgan fingerprint density at radius 2 is 1.88 bits per heavy atom. The Hall–Kier alpha value is -1.38. The van der Waals surface area contributed by atoms with Crippen LogP contribution in [0, 0.1) is 0 Å². The molecule has 1 saturated carbocycles. The van der Waals surface area contributed by atoms with Crippen molar-refractivity contribution in [1.82, 2.24) is 0 Å². The van der Waals surface area contributed by atoms with E-state index in [-0.39, 0.29) is 6.10 Å². The van der Waals surface area contributed by atoms with E-state index in [2.05, 4.69) is 11.0 Å². The van der Waals surface area contributed by atoms with Gasteiger partial charge in [0.05, 0.1) is 12.2 Å². The lowest BCUT2D eigenvalue weighted by atomic mass is 10.2. The Morgan fingerprint density at radius 1 is 1.18 bits per heavy atom. The molecule has 0 unspecified atom stereocenters. The summed E-state index contributed by atoms with van der Waals surface area (Å²) in [6, 6.07) is 6.11. The van der Waals surface area contributed by atoms with Gasteiger partial charge in [-0.05, 0) is 38.8 Å². The van der Waals surface area contributed by atoms with Crippen LogP contribution in [0.1, 0.15) is 26.7 Å². The summed E-state index contributed by atoms with van der Waals surface area (Å²) in [6.45, 7) is 4.06. The summed E-state index contributed by atoms with van der Waals surface area (Å²) in [5, 5.41) is 0. The topological polar surface area (TPSA) is 21.7 Å². The number of hydrogen-bond acceptors (Lipinski definition) is 3. The number of nitrogens with zero attached hydrogens (tertiary/aromatic N) is 1. The third-order valence-electron chi connectivity index (χ3n) is 2.62. The highest BCUT2D eigenvalue weighted by molar-refractivity contribution is 5.55. The molecule has 0 spiro atoms. The van der Waals surface area contributed by atoms with Crippen LogP contribution in [0.5, 0.6) is 11.5 Å². The molecule has 0 radical (unpaired) electrons. The van der Waals surface area contributed by atoms with Gasteiger partial charge in [0, 0.05) is 25.8 Å². The van der Waals surface area contributed by atoms with E-state index in [9.17, 15) is 0 Å². The first-order valence-corrected chi connectivity index (χ1v) is 6.21. The molecule has 0 atom stereocenters. The number of hydrogen-bond donors (Lipinski definition) is 0. The van der Waals surface area contributed by atoms with Crippen molar-refractivity contribution in [3.63, 3.8) is 0 Å². The normalized spacial score (nSPS) is 14.9. The van der Waals surface area contributed by atoms with Crippen molar-refractivity contribution < 1.29 is 9.47 Å². The molecule has 3 nitrogen and oxygen atoms in total. The summed E-state index contributed by atoms with van der Waals surface area (Å²) in [5.41, 5.74) is 1.13. The third kappa shape index (κ3) is 3.29. The minimum absolute atomic E-state index is 0.161. The van der Waals surface area contributed by atoms with Crippen molar-refractivity contribution >= 4 is 5.69 Å². The first-order valence-electron chi connectivity index (χ1n) is 6.21. The Labute approximate surface area is 103 Å². The van der Waals surface area contributed by atoms with Crippen LogP contribution in [-0.2, 0) is 0 Å². The van der Waals surface area contributed by atoms with E-state index in [4.69, 9.17) is 9.47 Å². The molecule has 1 aliphatic rings. The average Bonchev–Trinajstić information content (AvgIpc) is 3.03. The van der Waals surface area contributed by atoms with Crippen LogP contribution in [0.2, 0.25) is 0 Å². The molecule has 0 aliphatic heterocycles. The van der Waals surface area contributed by atoms with Gasteiger partial charge >= 0.3 is 0 Å². The maximum absolute atomic E-state index is 5.85. The lowest BCUT2D eigenvalue weighted by Crippen LogP contribution is -2.11. The number of rotatable bonds is 5. The zero-order valence-electron chi connectivity index (χ0n) is 11.1. The number of ether oxygens (including phenoxy) is 2. The second kappa shape index (κ2) is 4.86. The van der Waals surface area contributed by atoms with Crippen LogP contribution >= 0.6 is 0 Å². The molecule has 17 heavy (non-hydrogen) atoms. The second-order valence-electron chi connectivity index (χ2n) is 5.01. The highest BCUT2D eigenvalue weighted by atomic mass is 16.5. The van der Waals surface area contributed by atoms with E-state index in [1.54, 1.807) is 0 Å². The maximum atomic E-state index is 5.85. The lowest BCUT2D eigenvalue weighted by Gasteiger charge is -2.19. The van der Waals surface area contributed by atoms with E-state index >= 15 is 0 Å². The maximum Gasteiger partial charge on any atom is 0.163 e. The van der Waals surface area contributed by atoms with Crippen LogP contribution in [0.4, 0.5) is 5.69 Å². The van der Waals surface area contributed by atoms with Crippen molar-refractivity contribution in [2.75, 3.05) is 19.0 Å². The van der Waals surface area contributed by atoms with Crippen molar-refractivity contribution in [3.8, 4) is 11.5 Å². The Bertz CT molecular complexity index is 384. The highest BCUT2D eigenvalue weighted by Crippen LogP contribution is 2.36. The Morgan fingerprint density at radius 3 is 2.41 bits per heavy atom.